The van der Waals surface area contributed by atoms with E-state index in [1.54, 1.807) is 11.0 Å². The first-order chi connectivity index (χ1) is 16.6. The number of nitrogens with zero attached hydrogens (tertiary/aromatic N) is 2. The van der Waals surface area contributed by atoms with Crippen LogP contribution in [0.3, 0.4) is 0 Å². The van der Waals surface area contributed by atoms with Crippen LogP contribution in [0.5, 0.6) is 0 Å². The van der Waals surface area contributed by atoms with Crippen LogP contribution in [0.2, 0.25) is 0 Å². The number of hydrogen-bond acceptors (Lipinski definition) is 6. The molecule has 0 aromatic carbocycles. The zero-order valence-electron chi connectivity index (χ0n) is 21.7. The number of amides is 2. The van der Waals surface area contributed by atoms with Gasteiger partial charge >= 0.3 is 5.97 Å². The van der Waals surface area contributed by atoms with E-state index in [1.165, 1.54) is 4.90 Å². The second-order valence-electron chi connectivity index (χ2n) is 10.5. The summed E-state index contributed by atoms with van der Waals surface area (Å²) in [5.74, 6) is -2.57. The third kappa shape index (κ3) is 4.55. The minimum atomic E-state index is -1.12. The summed E-state index contributed by atoms with van der Waals surface area (Å²) in [5.41, 5.74) is -1.99. The molecule has 1 spiro atoms. The Morgan fingerprint density at radius 1 is 1.29 bits per heavy atom. The molecule has 0 radical (unpaired) electrons. The Morgan fingerprint density at radius 3 is 2.57 bits per heavy atom. The third-order valence-corrected chi connectivity index (χ3v) is 8.06. The molecule has 0 saturated carbocycles. The van der Waals surface area contributed by atoms with Crippen LogP contribution in [0.25, 0.3) is 0 Å². The molecule has 3 rings (SSSR count). The van der Waals surface area contributed by atoms with Crippen molar-refractivity contribution in [2.24, 2.45) is 11.8 Å². The predicted molar refractivity (Wildman–Crippen MR) is 132 cm³/mol. The van der Waals surface area contributed by atoms with Gasteiger partial charge in [-0.15, -0.1) is 13.2 Å². The quantitative estimate of drug-likeness (QED) is 0.242. The molecular weight excluding hydrogens is 448 g/mol. The zero-order valence-corrected chi connectivity index (χ0v) is 21.7. The average Bonchev–Trinajstić information content (AvgIpc) is 3.38. The first-order valence-electron chi connectivity index (χ1n) is 13.0. The topological polar surface area (TPSA) is 96.4 Å². The van der Waals surface area contributed by atoms with Gasteiger partial charge in [0.1, 0.15) is 17.6 Å². The van der Waals surface area contributed by atoms with E-state index in [4.69, 9.17) is 9.47 Å². The van der Waals surface area contributed by atoms with Gasteiger partial charge in [-0.3, -0.25) is 14.4 Å². The smallest absolute Gasteiger partial charge is 0.312 e. The lowest BCUT2D eigenvalue weighted by molar-refractivity contribution is -0.162. The maximum Gasteiger partial charge on any atom is 0.312 e. The van der Waals surface area contributed by atoms with Gasteiger partial charge in [0.25, 0.3) is 0 Å². The lowest BCUT2D eigenvalue weighted by Gasteiger charge is -2.40. The van der Waals surface area contributed by atoms with Crippen molar-refractivity contribution < 1.29 is 29.0 Å². The van der Waals surface area contributed by atoms with Crippen molar-refractivity contribution in [1.29, 1.82) is 0 Å². The summed E-state index contributed by atoms with van der Waals surface area (Å²) in [6, 6.07) is -1.57. The second kappa shape index (κ2) is 10.8. The number of aliphatic hydroxyl groups excluding tert-OH is 1. The van der Waals surface area contributed by atoms with E-state index in [9.17, 15) is 19.5 Å². The average molecular weight is 491 g/mol. The van der Waals surface area contributed by atoms with Gasteiger partial charge in [0.15, 0.2) is 0 Å². The van der Waals surface area contributed by atoms with Gasteiger partial charge in [-0.2, -0.15) is 0 Å². The number of carbonyl (C=O) groups is 3. The SMILES string of the molecule is C=CCCCCOC(=O)[C@H]1[C@H]2C(=O)N([C@@H](CC)CO)C(C(=O)N(CC=C)C(C)C)C23CC[C@]1(C)O3. The molecule has 2 bridgehead atoms. The van der Waals surface area contributed by atoms with Gasteiger partial charge in [-0.1, -0.05) is 19.1 Å². The van der Waals surface area contributed by atoms with Crippen LogP contribution in [0, 0.1) is 11.8 Å². The Labute approximate surface area is 209 Å². The Bertz CT molecular complexity index is 840. The molecule has 3 saturated heterocycles. The van der Waals surface area contributed by atoms with E-state index in [1.807, 2.05) is 33.8 Å². The van der Waals surface area contributed by atoms with Gasteiger partial charge in [0, 0.05) is 12.6 Å². The number of unbranched alkanes of at least 4 members (excludes halogenated alkanes) is 2. The minimum Gasteiger partial charge on any atom is -0.465 e. The van der Waals surface area contributed by atoms with E-state index < -0.39 is 41.1 Å². The highest BCUT2D eigenvalue weighted by Gasteiger charge is 2.79. The van der Waals surface area contributed by atoms with Gasteiger partial charge in [-0.05, 0) is 59.3 Å². The Kier molecular flexibility index (Phi) is 8.48. The van der Waals surface area contributed by atoms with Crippen LogP contribution in [-0.4, -0.2) is 81.8 Å². The van der Waals surface area contributed by atoms with Crippen molar-refractivity contribution in [2.75, 3.05) is 19.8 Å². The molecule has 8 heteroatoms. The molecule has 8 nitrogen and oxygen atoms in total. The number of rotatable bonds is 13. The molecular formula is C27H42N2O6. The van der Waals surface area contributed by atoms with Gasteiger partial charge in [0.2, 0.25) is 11.8 Å². The largest absolute Gasteiger partial charge is 0.465 e. The maximum atomic E-state index is 14.0. The number of aliphatic hydroxyl groups is 1. The number of hydrogen-bond donors (Lipinski definition) is 1. The second-order valence-corrected chi connectivity index (χ2v) is 10.5. The molecule has 3 aliphatic heterocycles. The molecule has 196 valence electrons. The van der Waals surface area contributed by atoms with Crippen LogP contribution in [0.1, 0.15) is 66.2 Å². The van der Waals surface area contributed by atoms with Crippen LogP contribution in [0.4, 0.5) is 0 Å². The Balaban J connectivity index is 1.99. The molecule has 2 amide bonds. The number of esters is 1. The van der Waals surface area contributed by atoms with E-state index in [2.05, 4.69) is 13.2 Å². The first kappa shape index (κ1) is 27.4. The van der Waals surface area contributed by atoms with Crippen LogP contribution in [-0.2, 0) is 23.9 Å². The summed E-state index contributed by atoms with van der Waals surface area (Å²) >= 11 is 0. The Morgan fingerprint density at radius 2 is 2.00 bits per heavy atom. The molecule has 2 unspecified atom stereocenters. The van der Waals surface area contributed by atoms with Gasteiger partial charge in [0.05, 0.1) is 30.8 Å². The molecule has 0 aromatic rings. The molecule has 3 fully saturated rings. The van der Waals surface area contributed by atoms with Crippen molar-refractivity contribution in [3.63, 3.8) is 0 Å². The monoisotopic (exact) mass is 490 g/mol. The number of fused-ring (bicyclic) bond motifs is 1. The van der Waals surface area contributed by atoms with Crippen LogP contribution < -0.4 is 0 Å². The maximum absolute atomic E-state index is 14.0. The summed E-state index contributed by atoms with van der Waals surface area (Å²) in [7, 11) is 0. The minimum absolute atomic E-state index is 0.118. The number of carbonyl (C=O) groups excluding carboxylic acids is 3. The number of allylic oxidation sites excluding steroid dienone is 1. The summed E-state index contributed by atoms with van der Waals surface area (Å²) in [6.07, 6.45) is 7.47. The van der Waals surface area contributed by atoms with E-state index in [-0.39, 0.29) is 31.1 Å². The highest BCUT2D eigenvalue weighted by Crippen LogP contribution is 2.63. The van der Waals surface area contributed by atoms with Crippen molar-refractivity contribution in [2.45, 2.75) is 95.5 Å². The summed E-state index contributed by atoms with van der Waals surface area (Å²) in [5, 5.41) is 10.1. The molecule has 35 heavy (non-hydrogen) atoms. The highest BCUT2D eigenvalue weighted by molar-refractivity contribution is 5.98. The van der Waals surface area contributed by atoms with E-state index in [0.29, 0.717) is 32.2 Å². The lowest BCUT2D eigenvalue weighted by atomic mass is 9.66. The van der Waals surface area contributed by atoms with Crippen molar-refractivity contribution >= 4 is 17.8 Å². The zero-order chi connectivity index (χ0) is 26.0. The molecule has 3 heterocycles. The van der Waals surface area contributed by atoms with Crippen LogP contribution >= 0.6 is 0 Å². The van der Waals surface area contributed by atoms with Crippen LogP contribution in [0.15, 0.2) is 25.3 Å². The first-order valence-corrected chi connectivity index (χ1v) is 13.0. The fraction of sp³-hybridized carbons (Fsp3) is 0.741. The fourth-order valence-corrected chi connectivity index (χ4v) is 6.31. The lowest BCUT2D eigenvalue weighted by Crippen LogP contribution is -2.59. The summed E-state index contributed by atoms with van der Waals surface area (Å²) in [6.45, 7) is 15.4. The van der Waals surface area contributed by atoms with Crippen molar-refractivity contribution in [3.05, 3.63) is 25.3 Å². The summed E-state index contributed by atoms with van der Waals surface area (Å²) < 4.78 is 12.2. The Hall–Kier alpha value is -2.19. The van der Waals surface area contributed by atoms with Crippen molar-refractivity contribution in [1.82, 2.24) is 9.80 Å². The van der Waals surface area contributed by atoms with Gasteiger partial charge < -0.3 is 24.4 Å². The van der Waals surface area contributed by atoms with Crippen molar-refractivity contribution in [3.8, 4) is 0 Å². The molecule has 0 aliphatic carbocycles. The molecule has 1 N–H and O–H groups in total. The molecule has 0 aromatic heterocycles. The van der Waals surface area contributed by atoms with E-state index >= 15 is 0 Å². The molecule has 6 atom stereocenters. The number of ether oxygens (including phenoxy) is 2. The van der Waals surface area contributed by atoms with Gasteiger partial charge in [-0.25, -0.2) is 0 Å². The van der Waals surface area contributed by atoms with E-state index in [0.717, 1.165) is 12.8 Å². The third-order valence-electron chi connectivity index (χ3n) is 8.06. The normalized spacial score (nSPS) is 32.0. The highest BCUT2D eigenvalue weighted by atomic mass is 16.6. The number of likely N-dealkylation sites (tertiary alicyclic amines) is 1. The standard InChI is InChI=1S/C27H42N2O6/c1-7-10-11-12-16-34-25(33)21-20-23(31)29(19(9-3)17-30)22(24(32)28(15-8-2)18(4)5)27(20)14-13-26(21,6)35-27/h7-8,18-22,30H,1-2,9-17H2,3-6H3/t19-,20-,21+,22?,26-,27?/m0/s1. The summed E-state index contributed by atoms with van der Waals surface area (Å²) in [4.78, 5) is 44.6. The molecule has 3 aliphatic rings. The fourth-order valence-electron chi connectivity index (χ4n) is 6.31. The predicted octanol–water partition coefficient (Wildman–Crippen LogP) is 2.84.